The predicted octanol–water partition coefficient (Wildman–Crippen LogP) is 4.77. The van der Waals surface area contributed by atoms with E-state index in [0.717, 1.165) is 16.7 Å². The van der Waals surface area contributed by atoms with Crippen LogP contribution in [0.1, 0.15) is 59.8 Å². The van der Waals surface area contributed by atoms with Crippen molar-refractivity contribution in [3.8, 4) is 5.75 Å². The molecule has 1 atom stereocenters. The summed E-state index contributed by atoms with van der Waals surface area (Å²) in [4.78, 5) is 16.9. The minimum Gasteiger partial charge on any atom is -0.490 e. The molecule has 2 saturated heterocycles. The Balaban J connectivity index is 1.43. The number of ether oxygens (including phenoxy) is 2. The van der Waals surface area contributed by atoms with Crippen molar-refractivity contribution in [2.75, 3.05) is 39.3 Å². The summed E-state index contributed by atoms with van der Waals surface area (Å²) in [6.45, 7) is 8.98. The van der Waals surface area contributed by atoms with Crippen LogP contribution >= 0.6 is 0 Å². The van der Waals surface area contributed by atoms with Crippen LogP contribution in [0.25, 0.3) is 0 Å². The number of aliphatic hydroxyl groups is 1. The molecule has 2 aliphatic rings. The Hall–Kier alpha value is -2.55. The summed E-state index contributed by atoms with van der Waals surface area (Å²) in [6, 6.07) is 13.4. The molecule has 1 amide bonds. The second-order valence-electron chi connectivity index (χ2n) is 11.2. The lowest BCUT2D eigenvalue weighted by Gasteiger charge is -2.50. The number of hydrogen-bond acceptors (Lipinski definition) is 5. The van der Waals surface area contributed by atoms with Crippen LogP contribution in [0.15, 0.2) is 42.5 Å². The van der Waals surface area contributed by atoms with Gasteiger partial charge in [0.2, 0.25) is 0 Å². The minimum absolute atomic E-state index is 0.0673. The first-order valence-corrected chi connectivity index (χ1v) is 12.9. The molecular weight excluding hydrogens is 478 g/mol. The average Bonchev–Trinajstić information content (AvgIpc) is 2.82. The van der Waals surface area contributed by atoms with Gasteiger partial charge < -0.3 is 19.5 Å². The van der Waals surface area contributed by atoms with E-state index in [0.29, 0.717) is 50.3 Å². The van der Waals surface area contributed by atoms with Gasteiger partial charge in [0.1, 0.15) is 12.4 Å². The molecule has 0 aromatic heterocycles. The Morgan fingerprint density at radius 1 is 1.16 bits per heavy atom. The molecule has 0 bridgehead atoms. The largest absolute Gasteiger partial charge is 0.490 e. The molecule has 202 valence electrons. The molecule has 2 fully saturated rings. The number of aryl methyl sites for hydroxylation is 2. The molecule has 2 aromatic rings. The van der Waals surface area contributed by atoms with Crippen molar-refractivity contribution in [2.24, 2.45) is 0 Å². The number of halogens is 2. The molecule has 1 spiro atoms. The van der Waals surface area contributed by atoms with Crippen molar-refractivity contribution < 1.29 is 28.2 Å². The number of alkyl halides is 2. The second-order valence-corrected chi connectivity index (χ2v) is 11.2. The molecule has 4 rings (SSSR count). The number of likely N-dealkylation sites (tertiary alicyclic amines) is 1. The zero-order chi connectivity index (χ0) is 26.8. The van der Waals surface area contributed by atoms with Gasteiger partial charge in [0.15, 0.2) is 0 Å². The lowest BCUT2D eigenvalue weighted by atomic mass is 9.87. The van der Waals surface area contributed by atoms with Crippen LogP contribution in [0.5, 0.6) is 5.75 Å². The Bertz CT molecular complexity index is 1080. The number of carbonyl (C=O) groups excluding carboxylic acids is 1. The third kappa shape index (κ3) is 7.06. The number of rotatable bonds is 7. The molecule has 2 heterocycles. The SMILES string of the molecule is Cc1ccc(C2CN(CC(F)F)CC3(CCN(C(=O)c4ccc(OCC(C)(C)O)c(C)c4)CC3)O2)cc1. The molecule has 1 unspecified atom stereocenters. The first kappa shape index (κ1) is 27.5. The summed E-state index contributed by atoms with van der Waals surface area (Å²) in [5, 5.41) is 9.90. The van der Waals surface area contributed by atoms with Gasteiger partial charge in [-0.15, -0.1) is 0 Å². The number of amides is 1. The lowest BCUT2D eigenvalue weighted by molar-refractivity contribution is -0.180. The molecule has 0 aliphatic carbocycles. The fourth-order valence-corrected chi connectivity index (χ4v) is 5.15. The van der Waals surface area contributed by atoms with Crippen molar-refractivity contribution in [3.05, 3.63) is 64.7 Å². The third-order valence-electron chi connectivity index (χ3n) is 7.14. The summed E-state index contributed by atoms with van der Waals surface area (Å²) in [7, 11) is 0. The zero-order valence-corrected chi connectivity index (χ0v) is 22.2. The van der Waals surface area contributed by atoms with Crippen LogP contribution in [0, 0.1) is 13.8 Å². The Morgan fingerprint density at radius 3 is 2.43 bits per heavy atom. The second kappa shape index (κ2) is 11.1. The van der Waals surface area contributed by atoms with Crippen LogP contribution in [-0.4, -0.2) is 77.8 Å². The Labute approximate surface area is 218 Å². The number of nitrogens with zero attached hydrogens (tertiary/aromatic N) is 2. The van der Waals surface area contributed by atoms with E-state index in [4.69, 9.17) is 9.47 Å². The van der Waals surface area contributed by atoms with Crippen molar-refractivity contribution in [2.45, 2.75) is 64.3 Å². The Kier molecular flexibility index (Phi) is 8.21. The topological polar surface area (TPSA) is 62.2 Å². The molecule has 2 aromatic carbocycles. The molecular formula is C29H38F2N2O4. The van der Waals surface area contributed by atoms with Gasteiger partial charge in [0.05, 0.1) is 23.9 Å². The number of piperidine rings is 1. The van der Waals surface area contributed by atoms with Crippen molar-refractivity contribution in [1.82, 2.24) is 9.80 Å². The highest BCUT2D eigenvalue weighted by atomic mass is 19.3. The summed E-state index contributed by atoms with van der Waals surface area (Å²) >= 11 is 0. The van der Waals surface area contributed by atoms with Crippen LogP contribution in [0.4, 0.5) is 8.78 Å². The van der Waals surface area contributed by atoms with Gasteiger partial charge in [-0.25, -0.2) is 8.78 Å². The molecule has 0 saturated carbocycles. The summed E-state index contributed by atoms with van der Waals surface area (Å²) in [5.74, 6) is 0.565. The van der Waals surface area contributed by atoms with E-state index in [-0.39, 0.29) is 25.2 Å². The van der Waals surface area contributed by atoms with Crippen LogP contribution in [0.2, 0.25) is 0 Å². The monoisotopic (exact) mass is 516 g/mol. The zero-order valence-electron chi connectivity index (χ0n) is 22.2. The van der Waals surface area contributed by atoms with E-state index in [1.54, 1.807) is 32.0 Å². The maximum Gasteiger partial charge on any atom is 0.253 e. The number of hydrogen-bond donors (Lipinski definition) is 1. The average molecular weight is 517 g/mol. The maximum absolute atomic E-state index is 13.3. The van der Waals surface area contributed by atoms with E-state index in [1.165, 1.54) is 0 Å². The van der Waals surface area contributed by atoms with Crippen LogP contribution in [-0.2, 0) is 4.74 Å². The molecule has 8 heteroatoms. The van der Waals surface area contributed by atoms with Crippen molar-refractivity contribution in [3.63, 3.8) is 0 Å². The molecule has 37 heavy (non-hydrogen) atoms. The highest BCUT2D eigenvalue weighted by molar-refractivity contribution is 5.94. The van der Waals surface area contributed by atoms with E-state index >= 15 is 0 Å². The number of benzene rings is 2. The molecule has 1 N–H and O–H groups in total. The normalized spacial score (nSPS) is 20.4. The maximum atomic E-state index is 13.3. The molecule has 0 radical (unpaired) electrons. The van der Waals surface area contributed by atoms with E-state index in [1.807, 2.05) is 47.9 Å². The number of carbonyl (C=O) groups is 1. The van der Waals surface area contributed by atoms with Gasteiger partial charge in [-0.2, -0.15) is 0 Å². The first-order chi connectivity index (χ1) is 17.4. The van der Waals surface area contributed by atoms with Gasteiger partial charge >= 0.3 is 0 Å². The van der Waals surface area contributed by atoms with Gasteiger partial charge in [-0.1, -0.05) is 29.8 Å². The first-order valence-electron chi connectivity index (χ1n) is 12.9. The number of morpholine rings is 1. The van der Waals surface area contributed by atoms with E-state index in [9.17, 15) is 18.7 Å². The summed E-state index contributed by atoms with van der Waals surface area (Å²) in [5.41, 5.74) is 2.01. The van der Waals surface area contributed by atoms with E-state index in [2.05, 4.69) is 0 Å². The summed E-state index contributed by atoms with van der Waals surface area (Å²) in [6.07, 6.45) is -1.51. The smallest absolute Gasteiger partial charge is 0.253 e. The minimum atomic E-state index is -2.41. The van der Waals surface area contributed by atoms with Gasteiger partial charge in [-0.05, 0) is 69.9 Å². The fraction of sp³-hybridized carbons (Fsp3) is 0.552. The quantitative estimate of drug-likeness (QED) is 0.575. The van der Waals surface area contributed by atoms with Gasteiger partial charge in [0, 0.05) is 31.7 Å². The molecule has 2 aliphatic heterocycles. The molecule has 6 nitrogen and oxygen atoms in total. The fourth-order valence-electron chi connectivity index (χ4n) is 5.15. The Morgan fingerprint density at radius 2 is 1.84 bits per heavy atom. The van der Waals surface area contributed by atoms with Crippen molar-refractivity contribution in [1.29, 1.82) is 0 Å². The third-order valence-corrected chi connectivity index (χ3v) is 7.14. The summed E-state index contributed by atoms with van der Waals surface area (Å²) < 4.78 is 39.0. The standard InChI is InChI=1S/C29H38F2N2O4/c1-20-5-7-22(8-6-20)25-16-32(17-26(30)31)18-29(37-25)11-13-33(14-12-29)27(34)23-9-10-24(21(2)15-23)36-19-28(3,4)35/h5-10,15,25-26,35H,11-14,16-19H2,1-4H3. The van der Waals surface area contributed by atoms with E-state index < -0.39 is 17.6 Å². The lowest BCUT2D eigenvalue weighted by Crippen LogP contribution is -2.58. The highest BCUT2D eigenvalue weighted by Gasteiger charge is 2.44. The van der Waals surface area contributed by atoms with Crippen LogP contribution in [0.3, 0.4) is 0 Å². The van der Waals surface area contributed by atoms with Gasteiger partial charge in [-0.3, -0.25) is 9.69 Å². The van der Waals surface area contributed by atoms with Crippen molar-refractivity contribution >= 4 is 5.91 Å². The highest BCUT2D eigenvalue weighted by Crippen LogP contribution is 2.38. The van der Waals surface area contributed by atoms with Crippen LogP contribution < -0.4 is 4.74 Å². The van der Waals surface area contributed by atoms with Gasteiger partial charge in [0.25, 0.3) is 12.3 Å². The predicted molar refractivity (Wildman–Crippen MR) is 138 cm³/mol.